The zero-order valence-corrected chi connectivity index (χ0v) is 16.1. The number of benzene rings is 1. The summed E-state index contributed by atoms with van der Waals surface area (Å²) >= 11 is 1.62. The second kappa shape index (κ2) is 7.21. The van der Waals surface area contributed by atoms with E-state index in [4.69, 9.17) is 14.2 Å². The van der Waals surface area contributed by atoms with Crippen molar-refractivity contribution in [2.24, 2.45) is 0 Å². The van der Waals surface area contributed by atoms with Crippen LogP contribution in [-0.2, 0) is 0 Å². The highest BCUT2D eigenvalue weighted by Gasteiger charge is 2.16. The van der Waals surface area contributed by atoms with Gasteiger partial charge >= 0.3 is 0 Å². The third-order valence-electron chi connectivity index (χ3n) is 4.00. The van der Waals surface area contributed by atoms with Crippen LogP contribution >= 0.6 is 11.3 Å². The largest absolute Gasteiger partial charge is 0.493 e. The molecule has 26 heavy (non-hydrogen) atoms. The summed E-state index contributed by atoms with van der Waals surface area (Å²) in [4.78, 5) is 19.3. The molecule has 0 atom stereocenters. The second-order valence-corrected chi connectivity index (χ2v) is 6.90. The van der Waals surface area contributed by atoms with E-state index in [9.17, 15) is 4.79 Å². The molecule has 0 unspecified atom stereocenters. The summed E-state index contributed by atoms with van der Waals surface area (Å²) < 4.78 is 17.9. The van der Waals surface area contributed by atoms with E-state index in [0.29, 0.717) is 22.8 Å². The molecular weight excluding hydrogens is 352 g/mol. The number of aryl methyl sites for hydroxylation is 2. The highest BCUT2D eigenvalue weighted by atomic mass is 32.1. The molecule has 3 aromatic rings. The predicted octanol–water partition coefficient (Wildman–Crippen LogP) is 3.93. The lowest BCUT2D eigenvalue weighted by Gasteiger charge is -2.13. The van der Waals surface area contributed by atoms with Gasteiger partial charge in [0.2, 0.25) is 5.75 Å². The first-order valence-electron chi connectivity index (χ1n) is 7.96. The van der Waals surface area contributed by atoms with Crippen molar-refractivity contribution >= 4 is 28.2 Å². The van der Waals surface area contributed by atoms with Gasteiger partial charge < -0.3 is 14.2 Å². The van der Waals surface area contributed by atoms with Gasteiger partial charge in [-0.3, -0.25) is 9.20 Å². The molecule has 2 heterocycles. The van der Waals surface area contributed by atoms with Crippen LogP contribution in [-0.4, -0.2) is 36.5 Å². The molecule has 136 valence electrons. The summed E-state index contributed by atoms with van der Waals surface area (Å²) in [6.45, 7) is 3.96. The van der Waals surface area contributed by atoms with Gasteiger partial charge in [0, 0.05) is 16.6 Å². The van der Waals surface area contributed by atoms with E-state index < -0.39 is 0 Å². The number of methoxy groups -OCH3 is 3. The Morgan fingerprint density at radius 3 is 2.35 bits per heavy atom. The number of fused-ring (bicyclic) bond motifs is 1. The third-order valence-corrected chi connectivity index (χ3v) is 4.90. The number of aromatic nitrogens is 2. The summed E-state index contributed by atoms with van der Waals surface area (Å²) in [7, 11) is 4.57. The fourth-order valence-corrected chi connectivity index (χ4v) is 3.63. The van der Waals surface area contributed by atoms with E-state index in [-0.39, 0.29) is 5.78 Å². The maximum Gasteiger partial charge on any atom is 0.203 e. The highest BCUT2D eigenvalue weighted by Crippen LogP contribution is 2.38. The Bertz CT molecular complexity index is 976. The van der Waals surface area contributed by atoms with E-state index in [2.05, 4.69) is 4.98 Å². The summed E-state index contributed by atoms with van der Waals surface area (Å²) in [5.41, 5.74) is 2.23. The van der Waals surface area contributed by atoms with Crippen LogP contribution in [0.15, 0.2) is 24.4 Å². The van der Waals surface area contributed by atoms with Gasteiger partial charge in [0.1, 0.15) is 0 Å². The number of carbonyl (C=O) groups excluding carboxylic acids is 1. The van der Waals surface area contributed by atoms with Crippen LogP contribution in [0.4, 0.5) is 0 Å². The van der Waals surface area contributed by atoms with Crippen molar-refractivity contribution in [3.8, 4) is 17.2 Å². The molecule has 0 saturated carbocycles. The molecule has 0 aliphatic rings. The monoisotopic (exact) mass is 372 g/mol. The predicted molar refractivity (Wildman–Crippen MR) is 102 cm³/mol. The molecule has 0 fully saturated rings. The Labute approximate surface area is 155 Å². The second-order valence-electron chi connectivity index (χ2n) is 5.69. The van der Waals surface area contributed by atoms with Crippen molar-refractivity contribution in [3.63, 3.8) is 0 Å². The average Bonchev–Trinajstić information content (AvgIpc) is 3.12. The molecule has 1 aromatic carbocycles. The van der Waals surface area contributed by atoms with Crippen LogP contribution in [0.1, 0.15) is 26.6 Å². The minimum atomic E-state index is -0.162. The lowest BCUT2D eigenvalue weighted by atomic mass is 10.1. The van der Waals surface area contributed by atoms with Crippen molar-refractivity contribution in [2.45, 2.75) is 13.8 Å². The van der Waals surface area contributed by atoms with Crippen molar-refractivity contribution < 1.29 is 19.0 Å². The van der Waals surface area contributed by atoms with Crippen molar-refractivity contribution in [1.29, 1.82) is 0 Å². The van der Waals surface area contributed by atoms with Gasteiger partial charge in [-0.15, -0.1) is 11.3 Å². The lowest BCUT2D eigenvalue weighted by molar-refractivity contribution is 0.104. The maximum absolute atomic E-state index is 12.7. The number of hydrogen-bond acceptors (Lipinski definition) is 6. The molecule has 2 aromatic heterocycles. The number of thiazole rings is 1. The number of ketones is 1. The SMILES string of the molecule is COc1cc(C(=O)/C=C/c2c(C)nc3sc(C)cn23)cc(OC)c1OC. The molecule has 0 aliphatic heterocycles. The number of allylic oxidation sites excluding steroid dienone is 1. The van der Waals surface area contributed by atoms with Gasteiger partial charge in [-0.05, 0) is 38.1 Å². The van der Waals surface area contributed by atoms with E-state index in [0.717, 1.165) is 21.2 Å². The summed E-state index contributed by atoms with van der Waals surface area (Å²) in [6.07, 6.45) is 5.33. The molecule has 0 bridgehead atoms. The molecule has 6 nitrogen and oxygen atoms in total. The zero-order chi connectivity index (χ0) is 18.8. The molecule has 0 aliphatic carbocycles. The van der Waals surface area contributed by atoms with E-state index in [1.165, 1.54) is 27.4 Å². The van der Waals surface area contributed by atoms with Crippen molar-refractivity contribution in [3.05, 3.63) is 46.2 Å². The first kappa shape index (κ1) is 18.0. The Morgan fingerprint density at radius 2 is 1.77 bits per heavy atom. The summed E-state index contributed by atoms with van der Waals surface area (Å²) in [5, 5.41) is 0. The van der Waals surface area contributed by atoms with Crippen LogP contribution in [0.5, 0.6) is 17.2 Å². The number of ether oxygens (including phenoxy) is 3. The zero-order valence-electron chi connectivity index (χ0n) is 15.3. The smallest absolute Gasteiger partial charge is 0.203 e. The molecule has 0 N–H and O–H groups in total. The van der Waals surface area contributed by atoms with E-state index in [1.54, 1.807) is 29.5 Å². The van der Waals surface area contributed by atoms with Gasteiger partial charge in [-0.1, -0.05) is 0 Å². The maximum atomic E-state index is 12.7. The van der Waals surface area contributed by atoms with Gasteiger partial charge in [0.05, 0.1) is 32.7 Å². The summed E-state index contributed by atoms with van der Waals surface area (Å²) in [5.74, 6) is 1.18. The molecule has 7 heteroatoms. The van der Waals surface area contributed by atoms with Crippen LogP contribution in [0, 0.1) is 13.8 Å². The van der Waals surface area contributed by atoms with Crippen molar-refractivity contribution in [1.82, 2.24) is 9.38 Å². The molecular formula is C19H20N2O4S. The summed E-state index contributed by atoms with van der Waals surface area (Å²) in [6, 6.07) is 3.28. The minimum absolute atomic E-state index is 0.162. The minimum Gasteiger partial charge on any atom is -0.493 e. The average molecular weight is 372 g/mol. The first-order chi connectivity index (χ1) is 12.5. The van der Waals surface area contributed by atoms with Crippen molar-refractivity contribution in [2.75, 3.05) is 21.3 Å². The molecule has 0 saturated heterocycles. The van der Waals surface area contributed by atoms with E-state index >= 15 is 0 Å². The first-order valence-corrected chi connectivity index (χ1v) is 8.77. The topological polar surface area (TPSA) is 62.1 Å². The van der Waals surface area contributed by atoms with Crippen LogP contribution in [0.2, 0.25) is 0 Å². The fourth-order valence-electron chi connectivity index (χ4n) is 2.76. The molecule has 3 rings (SSSR count). The highest BCUT2D eigenvalue weighted by molar-refractivity contribution is 7.17. The quantitative estimate of drug-likeness (QED) is 0.485. The number of imidazole rings is 1. The number of carbonyl (C=O) groups is 1. The molecule has 0 radical (unpaired) electrons. The number of hydrogen-bond donors (Lipinski definition) is 0. The van der Waals surface area contributed by atoms with Gasteiger partial charge in [0.15, 0.2) is 22.2 Å². The molecule has 0 spiro atoms. The Balaban J connectivity index is 1.96. The lowest BCUT2D eigenvalue weighted by Crippen LogP contribution is -2.00. The Hall–Kier alpha value is -2.80. The Morgan fingerprint density at radius 1 is 1.12 bits per heavy atom. The normalized spacial score (nSPS) is 11.3. The number of nitrogens with zero attached hydrogens (tertiary/aromatic N) is 2. The number of rotatable bonds is 6. The Kier molecular flexibility index (Phi) is 4.99. The van der Waals surface area contributed by atoms with Gasteiger partial charge in [-0.2, -0.15) is 0 Å². The van der Waals surface area contributed by atoms with E-state index in [1.807, 2.05) is 24.4 Å². The fraction of sp³-hybridized carbons (Fsp3) is 0.263. The standard InChI is InChI=1S/C19H20N2O4S/c1-11-10-21-14(12(2)20-19(21)26-11)6-7-15(22)13-8-16(23-3)18(25-5)17(9-13)24-4/h6-10H,1-5H3/b7-6+. The van der Waals surface area contributed by atoms with Crippen LogP contribution < -0.4 is 14.2 Å². The van der Waals surface area contributed by atoms with Crippen LogP contribution in [0.25, 0.3) is 11.0 Å². The third kappa shape index (κ3) is 3.17. The van der Waals surface area contributed by atoms with Gasteiger partial charge in [0.25, 0.3) is 0 Å². The molecule has 0 amide bonds. The van der Waals surface area contributed by atoms with Crippen LogP contribution in [0.3, 0.4) is 0 Å². The van der Waals surface area contributed by atoms with Gasteiger partial charge in [-0.25, -0.2) is 4.98 Å².